The number of anilines is 1. The summed E-state index contributed by atoms with van der Waals surface area (Å²) in [5.74, 6) is -0.393. The van der Waals surface area contributed by atoms with Crippen molar-refractivity contribution in [2.24, 2.45) is 0 Å². The van der Waals surface area contributed by atoms with Gasteiger partial charge in [-0.05, 0) is 42.5 Å². The van der Waals surface area contributed by atoms with Crippen LogP contribution in [-0.2, 0) is 14.6 Å². The number of carbonyl (C=O) groups excluding carboxylic acids is 1. The lowest BCUT2D eigenvalue weighted by atomic mass is 10.0. The molecule has 1 amide bonds. The maximum absolute atomic E-state index is 12.9. The van der Waals surface area contributed by atoms with Crippen molar-refractivity contribution in [3.8, 4) is 0 Å². The largest absolute Gasteiger partial charge is 0.380 e. The standard InChI is InChI=1S/C17H19NO4S2/c1-11(2)12-5-3-4-6-13(12)24(21,22)15-8-7-14(23-15)18-16(19)17(20)9-10-17/h3-8,11,20H,9-10H2,1-2H3,(H,18,19). The van der Waals surface area contributed by atoms with Gasteiger partial charge in [-0.3, -0.25) is 4.79 Å². The summed E-state index contributed by atoms with van der Waals surface area (Å²) in [6.45, 7) is 3.90. The van der Waals surface area contributed by atoms with Crippen molar-refractivity contribution in [3.63, 3.8) is 0 Å². The summed E-state index contributed by atoms with van der Waals surface area (Å²) in [5.41, 5.74) is -0.517. The van der Waals surface area contributed by atoms with Gasteiger partial charge in [-0.2, -0.15) is 0 Å². The van der Waals surface area contributed by atoms with E-state index in [-0.39, 0.29) is 10.1 Å². The van der Waals surface area contributed by atoms with Crippen molar-refractivity contribution in [1.29, 1.82) is 0 Å². The zero-order valence-electron chi connectivity index (χ0n) is 13.4. The zero-order valence-corrected chi connectivity index (χ0v) is 15.1. The molecule has 0 bridgehead atoms. The second kappa shape index (κ2) is 5.98. The van der Waals surface area contributed by atoms with Crippen LogP contribution in [0.25, 0.3) is 0 Å². The van der Waals surface area contributed by atoms with Gasteiger partial charge in [0.15, 0.2) is 0 Å². The Balaban J connectivity index is 1.90. The number of rotatable bonds is 5. The predicted molar refractivity (Wildman–Crippen MR) is 93.1 cm³/mol. The minimum Gasteiger partial charge on any atom is -0.380 e. The Morgan fingerprint density at radius 3 is 2.50 bits per heavy atom. The smallest absolute Gasteiger partial charge is 0.256 e. The highest BCUT2D eigenvalue weighted by Crippen LogP contribution is 2.38. The summed E-state index contributed by atoms with van der Waals surface area (Å²) >= 11 is 0.996. The molecule has 1 fully saturated rings. The Kier molecular flexibility index (Phi) is 4.27. The first-order valence-electron chi connectivity index (χ1n) is 7.72. The molecule has 5 nitrogen and oxygen atoms in total. The van der Waals surface area contributed by atoms with E-state index in [4.69, 9.17) is 0 Å². The zero-order chi connectivity index (χ0) is 17.5. The van der Waals surface area contributed by atoms with E-state index in [2.05, 4.69) is 5.32 Å². The van der Waals surface area contributed by atoms with E-state index >= 15 is 0 Å². The molecule has 1 aromatic heterocycles. The molecule has 0 saturated heterocycles. The van der Waals surface area contributed by atoms with Gasteiger partial charge in [0, 0.05) is 0 Å². The third kappa shape index (κ3) is 3.11. The van der Waals surface area contributed by atoms with E-state index in [9.17, 15) is 18.3 Å². The lowest BCUT2D eigenvalue weighted by Gasteiger charge is -2.12. The monoisotopic (exact) mass is 365 g/mol. The van der Waals surface area contributed by atoms with Crippen LogP contribution in [0.1, 0.15) is 38.2 Å². The van der Waals surface area contributed by atoms with Crippen LogP contribution < -0.4 is 5.32 Å². The molecule has 0 aliphatic heterocycles. The first-order valence-corrected chi connectivity index (χ1v) is 10.0. The van der Waals surface area contributed by atoms with Crippen LogP contribution in [0, 0.1) is 0 Å². The quantitative estimate of drug-likeness (QED) is 0.852. The molecular formula is C17H19NO4S2. The third-order valence-corrected chi connectivity index (χ3v) is 7.38. The topological polar surface area (TPSA) is 83.5 Å². The second-order valence-corrected chi connectivity index (χ2v) is 9.53. The summed E-state index contributed by atoms with van der Waals surface area (Å²) in [5, 5.41) is 12.8. The summed E-state index contributed by atoms with van der Waals surface area (Å²) in [6.07, 6.45) is 0.883. The van der Waals surface area contributed by atoms with Crippen LogP contribution in [0.3, 0.4) is 0 Å². The maximum atomic E-state index is 12.9. The Hall–Kier alpha value is -1.70. The van der Waals surface area contributed by atoms with Crippen LogP contribution in [0.15, 0.2) is 45.5 Å². The maximum Gasteiger partial charge on any atom is 0.256 e. The minimum atomic E-state index is -3.64. The van der Waals surface area contributed by atoms with E-state index in [1.54, 1.807) is 18.2 Å². The summed E-state index contributed by atoms with van der Waals surface area (Å²) in [6, 6.07) is 10.00. The Bertz CT molecular complexity index is 880. The highest BCUT2D eigenvalue weighted by Gasteiger charge is 2.48. The van der Waals surface area contributed by atoms with Crippen LogP contribution >= 0.6 is 11.3 Å². The highest BCUT2D eigenvalue weighted by atomic mass is 32.2. The van der Waals surface area contributed by atoms with Gasteiger partial charge < -0.3 is 10.4 Å². The molecule has 2 aromatic rings. The van der Waals surface area contributed by atoms with Crippen LogP contribution in [-0.4, -0.2) is 25.0 Å². The lowest BCUT2D eigenvalue weighted by molar-refractivity contribution is -0.125. The molecule has 1 aliphatic carbocycles. The number of hydrogen-bond donors (Lipinski definition) is 2. The molecule has 1 aromatic carbocycles. The first-order chi connectivity index (χ1) is 11.2. The molecule has 0 radical (unpaired) electrons. The molecule has 1 aliphatic rings. The molecule has 128 valence electrons. The van der Waals surface area contributed by atoms with Gasteiger partial charge in [0.1, 0.15) is 9.81 Å². The summed E-state index contributed by atoms with van der Waals surface area (Å²) in [4.78, 5) is 12.2. The van der Waals surface area contributed by atoms with Crippen molar-refractivity contribution < 1.29 is 18.3 Å². The van der Waals surface area contributed by atoms with E-state index in [1.165, 1.54) is 6.07 Å². The molecule has 7 heteroatoms. The number of thiophene rings is 1. The molecule has 1 saturated carbocycles. The number of sulfone groups is 1. The van der Waals surface area contributed by atoms with Crippen molar-refractivity contribution in [2.75, 3.05) is 5.32 Å². The second-order valence-electron chi connectivity index (χ2n) is 6.30. The summed E-state index contributed by atoms with van der Waals surface area (Å²) in [7, 11) is -3.64. The Morgan fingerprint density at radius 2 is 1.88 bits per heavy atom. The molecule has 0 spiro atoms. The normalized spacial score (nSPS) is 16.2. The fourth-order valence-electron chi connectivity index (χ4n) is 2.42. The lowest BCUT2D eigenvalue weighted by Crippen LogP contribution is -2.28. The fraction of sp³-hybridized carbons (Fsp3) is 0.353. The third-order valence-electron chi connectivity index (χ3n) is 4.06. The average Bonchev–Trinajstić information content (AvgIpc) is 3.12. The fourth-order valence-corrected chi connectivity index (χ4v) is 5.36. The number of carbonyl (C=O) groups is 1. The van der Waals surface area contributed by atoms with Gasteiger partial charge in [-0.25, -0.2) is 8.42 Å². The van der Waals surface area contributed by atoms with Crippen molar-refractivity contribution >= 4 is 32.1 Å². The Labute approximate surface area is 145 Å². The van der Waals surface area contributed by atoms with E-state index in [1.807, 2.05) is 26.0 Å². The molecule has 0 atom stereocenters. The number of aliphatic hydroxyl groups is 1. The van der Waals surface area contributed by atoms with Gasteiger partial charge in [-0.15, -0.1) is 11.3 Å². The molecule has 24 heavy (non-hydrogen) atoms. The number of benzene rings is 1. The Morgan fingerprint density at radius 1 is 1.21 bits per heavy atom. The highest BCUT2D eigenvalue weighted by molar-refractivity contribution is 7.93. The van der Waals surface area contributed by atoms with E-state index < -0.39 is 21.3 Å². The first kappa shape index (κ1) is 17.1. The van der Waals surface area contributed by atoms with E-state index in [0.717, 1.165) is 16.9 Å². The van der Waals surface area contributed by atoms with Crippen LogP contribution in [0.4, 0.5) is 5.00 Å². The van der Waals surface area contributed by atoms with Gasteiger partial charge in [-0.1, -0.05) is 32.0 Å². The molecule has 3 rings (SSSR count). The molecule has 2 N–H and O–H groups in total. The average molecular weight is 365 g/mol. The minimum absolute atomic E-state index is 0.0826. The van der Waals surface area contributed by atoms with Gasteiger partial charge in [0.05, 0.1) is 9.90 Å². The van der Waals surface area contributed by atoms with Gasteiger partial charge >= 0.3 is 0 Å². The van der Waals surface area contributed by atoms with Crippen molar-refractivity contribution in [1.82, 2.24) is 0 Å². The number of nitrogens with one attached hydrogen (secondary N) is 1. The predicted octanol–water partition coefficient (Wildman–Crippen LogP) is 3.17. The molecular weight excluding hydrogens is 346 g/mol. The van der Waals surface area contributed by atoms with Crippen molar-refractivity contribution in [3.05, 3.63) is 42.0 Å². The van der Waals surface area contributed by atoms with E-state index in [0.29, 0.717) is 22.7 Å². The van der Waals surface area contributed by atoms with Gasteiger partial charge in [0.2, 0.25) is 9.84 Å². The summed E-state index contributed by atoms with van der Waals surface area (Å²) < 4.78 is 26.0. The number of hydrogen-bond acceptors (Lipinski definition) is 5. The van der Waals surface area contributed by atoms with Gasteiger partial charge in [0.25, 0.3) is 5.91 Å². The SMILES string of the molecule is CC(C)c1ccccc1S(=O)(=O)c1ccc(NC(=O)C2(O)CC2)s1. The molecule has 0 unspecified atom stereocenters. The van der Waals surface area contributed by atoms with Crippen LogP contribution in [0.2, 0.25) is 0 Å². The van der Waals surface area contributed by atoms with Crippen molar-refractivity contribution in [2.45, 2.75) is 47.3 Å². The van der Waals surface area contributed by atoms with Crippen LogP contribution in [0.5, 0.6) is 0 Å². The number of amides is 1. The molecule has 1 heterocycles.